The highest BCUT2D eigenvalue weighted by atomic mass is 16.3. The molecule has 4 rings (SSSR count). The Kier molecular flexibility index (Phi) is 3.08. The molecule has 6 nitrogen and oxygen atoms in total. The normalized spacial score (nSPS) is 25.9. The van der Waals surface area contributed by atoms with E-state index in [1.54, 1.807) is 6.20 Å². The van der Waals surface area contributed by atoms with Crippen LogP contribution in [-0.4, -0.2) is 51.1 Å². The second-order valence-corrected chi connectivity index (χ2v) is 6.21. The smallest absolute Gasteiger partial charge is 0.154 e. The van der Waals surface area contributed by atoms with E-state index >= 15 is 0 Å². The lowest BCUT2D eigenvalue weighted by molar-refractivity contribution is 0.152. The van der Waals surface area contributed by atoms with Crippen LogP contribution in [0, 0.1) is 11.8 Å². The molecule has 1 saturated heterocycles. The van der Waals surface area contributed by atoms with Gasteiger partial charge in [-0.1, -0.05) is 0 Å². The van der Waals surface area contributed by atoms with Gasteiger partial charge < -0.3 is 15.1 Å². The predicted molar refractivity (Wildman–Crippen MR) is 78.3 cm³/mol. The van der Waals surface area contributed by atoms with E-state index in [2.05, 4.69) is 21.0 Å². The number of anilines is 1. The zero-order valence-electron chi connectivity index (χ0n) is 11.9. The summed E-state index contributed by atoms with van der Waals surface area (Å²) in [7, 11) is 0. The van der Waals surface area contributed by atoms with Crippen molar-refractivity contribution < 1.29 is 10.2 Å². The van der Waals surface area contributed by atoms with Crippen molar-refractivity contribution in [2.75, 3.05) is 31.2 Å². The molecule has 112 valence electrons. The van der Waals surface area contributed by atoms with E-state index in [0.717, 1.165) is 30.1 Å². The molecule has 0 radical (unpaired) electrons. The quantitative estimate of drug-likeness (QED) is 0.864. The maximum absolute atomic E-state index is 9.45. The highest BCUT2D eigenvalue weighted by Crippen LogP contribution is 2.40. The van der Waals surface area contributed by atoms with Gasteiger partial charge in [0.2, 0.25) is 0 Å². The second-order valence-electron chi connectivity index (χ2n) is 6.21. The fourth-order valence-corrected chi connectivity index (χ4v) is 3.27. The van der Waals surface area contributed by atoms with Gasteiger partial charge in [-0.15, -0.1) is 0 Å². The topological polar surface area (TPSA) is 73.9 Å². The molecule has 0 unspecified atom stereocenters. The molecule has 3 heterocycles. The van der Waals surface area contributed by atoms with Crippen molar-refractivity contribution in [3.63, 3.8) is 0 Å². The Bertz CT molecular complexity index is 640. The lowest BCUT2D eigenvalue weighted by atomic mass is 9.98. The van der Waals surface area contributed by atoms with Crippen LogP contribution in [0.25, 0.3) is 5.52 Å². The van der Waals surface area contributed by atoms with Gasteiger partial charge in [0.05, 0.1) is 5.69 Å². The summed E-state index contributed by atoms with van der Waals surface area (Å²) in [6, 6.07) is 2.14. The number of aromatic nitrogens is 3. The van der Waals surface area contributed by atoms with Crippen LogP contribution in [-0.2, 0) is 0 Å². The molecule has 0 bridgehead atoms. The maximum atomic E-state index is 9.45. The molecule has 6 heteroatoms. The Hall–Kier alpha value is -1.66. The Balaban J connectivity index is 1.69. The Morgan fingerprint density at radius 3 is 2.48 bits per heavy atom. The van der Waals surface area contributed by atoms with Gasteiger partial charge in [-0.05, 0) is 18.9 Å². The van der Waals surface area contributed by atoms with E-state index in [0.29, 0.717) is 5.92 Å². The van der Waals surface area contributed by atoms with Crippen LogP contribution in [0.5, 0.6) is 0 Å². The van der Waals surface area contributed by atoms with Crippen molar-refractivity contribution in [1.82, 2.24) is 14.6 Å². The summed E-state index contributed by atoms with van der Waals surface area (Å²) in [4.78, 5) is 6.68. The molecular formula is C15H20N4O2. The third-order valence-electron chi connectivity index (χ3n) is 4.73. The van der Waals surface area contributed by atoms with Gasteiger partial charge in [0.15, 0.2) is 5.82 Å². The molecule has 2 aromatic rings. The largest absolute Gasteiger partial charge is 0.396 e. The van der Waals surface area contributed by atoms with E-state index in [1.807, 2.05) is 10.7 Å². The fourth-order valence-electron chi connectivity index (χ4n) is 3.27. The molecule has 2 atom stereocenters. The van der Waals surface area contributed by atoms with Crippen LogP contribution in [0.15, 0.2) is 18.5 Å². The molecular weight excluding hydrogens is 268 g/mol. The molecule has 2 aliphatic rings. The van der Waals surface area contributed by atoms with Crippen LogP contribution in [0.1, 0.15) is 24.5 Å². The summed E-state index contributed by atoms with van der Waals surface area (Å²) in [6.45, 7) is 1.69. The van der Waals surface area contributed by atoms with E-state index < -0.39 is 0 Å². The monoisotopic (exact) mass is 288 g/mol. The number of hydrogen-bond donors (Lipinski definition) is 2. The highest BCUT2D eigenvalue weighted by Gasteiger charge is 2.34. The number of hydrogen-bond acceptors (Lipinski definition) is 5. The predicted octanol–water partition coefficient (Wildman–Crippen LogP) is 0.644. The van der Waals surface area contributed by atoms with Crippen LogP contribution in [0.4, 0.5) is 5.82 Å². The minimum atomic E-state index is 0.109. The summed E-state index contributed by atoms with van der Waals surface area (Å²) in [5, 5.41) is 23.5. The van der Waals surface area contributed by atoms with Crippen molar-refractivity contribution >= 4 is 11.3 Å². The van der Waals surface area contributed by atoms with Crippen molar-refractivity contribution in [2.45, 2.75) is 18.8 Å². The molecule has 2 fully saturated rings. The average Bonchev–Trinajstić information content (AvgIpc) is 3.13. The number of aliphatic hydroxyl groups is 2. The van der Waals surface area contributed by atoms with Crippen LogP contribution in [0.2, 0.25) is 0 Å². The maximum Gasteiger partial charge on any atom is 0.154 e. The first-order valence-electron chi connectivity index (χ1n) is 7.61. The van der Waals surface area contributed by atoms with Crippen molar-refractivity contribution in [3.8, 4) is 0 Å². The molecule has 0 spiro atoms. The second kappa shape index (κ2) is 4.96. The first-order chi connectivity index (χ1) is 10.3. The molecule has 1 saturated carbocycles. The average molecular weight is 288 g/mol. The van der Waals surface area contributed by atoms with E-state index in [9.17, 15) is 10.2 Å². The minimum absolute atomic E-state index is 0.109. The fraction of sp³-hybridized carbons (Fsp3) is 0.600. The number of fused-ring (bicyclic) bond motifs is 1. The first-order valence-corrected chi connectivity index (χ1v) is 7.61. The molecule has 1 aliphatic carbocycles. The Morgan fingerprint density at radius 1 is 1.14 bits per heavy atom. The lowest BCUT2D eigenvalue weighted by Gasteiger charge is -2.17. The summed E-state index contributed by atoms with van der Waals surface area (Å²) in [6.07, 6.45) is 6.12. The molecule has 1 aliphatic heterocycles. The van der Waals surface area contributed by atoms with Crippen LogP contribution < -0.4 is 4.90 Å². The van der Waals surface area contributed by atoms with Gasteiger partial charge >= 0.3 is 0 Å². The minimum Gasteiger partial charge on any atom is -0.396 e. The molecule has 0 aromatic carbocycles. The van der Waals surface area contributed by atoms with Gasteiger partial charge in [0, 0.05) is 56.5 Å². The first kappa shape index (κ1) is 13.0. The molecule has 21 heavy (non-hydrogen) atoms. The summed E-state index contributed by atoms with van der Waals surface area (Å²) in [5.41, 5.74) is 2.18. The Morgan fingerprint density at radius 2 is 1.86 bits per heavy atom. The summed E-state index contributed by atoms with van der Waals surface area (Å²) in [5.74, 6) is 1.75. The van der Waals surface area contributed by atoms with E-state index in [1.165, 1.54) is 12.8 Å². The van der Waals surface area contributed by atoms with Gasteiger partial charge in [-0.2, -0.15) is 5.10 Å². The van der Waals surface area contributed by atoms with Crippen LogP contribution >= 0.6 is 0 Å². The zero-order chi connectivity index (χ0) is 14.4. The molecule has 0 amide bonds. The van der Waals surface area contributed by atoms with Crippen molar-refractivity contribution in [3.05, 3.63) is 24.2 Å². The summed E-state index contributed by atoms with van der Waals surface area (Å²) < 4.78 is 1.90. The number of aliphatic hydroxyl groups excluding tert-OH is 2. The highest BCUT2D eigenvalue weighted by molar-refractivity contribution is 5.69. The SMILES string of the molecule is OC[C@@H]1CN(c2nccn3nc(C4CC4)cc23)C[C@H]1CO. The third kappa shape index (κ3) is 2.18. The van der Waals surface area contributed by atoms with E-state index in [-0.39, 0.29) is 25.0 Å². The van der Waals surface area contributed by atoms with Gasteiger partial charge in [0.25, 0.3) is 0 Å². The van der Waals surface area contributed by atoms with Crippen LogP contribution in [0.3, 0.4) is 0 Å². The van der Waals surface area contributed by atoms with Gasteiger partial charge in [-0.25, -0.2) is 9.50 Å². The molecule has 2 N–H and O–H groups in total. The summed E-state index contributed by atoms with van der Waals surface area (Å²) >= 11 is 0. The zero-order valence-corrected chi connectivity index (χ0v) is 11.9. The number of rotatable bonds is 4. The molecule has 2 aromatic heterocycles. The van der Waals surface area contributed by atoms with Crippen molar-refractivity contribution in [2.24, 2.45) is 11.8 Å². The van der Waals surface area contributed by atoms with Gasteiger partial charge in [0.1, 0.15) is 5.52 Å². The van der Waals surface area contributed by atoms with Gasteiger partial charge in [-0.3, -0.25) is 0 Å². The standard InChI is InChI=1S/C15H20N4O2/c20-8-11-6-18(7-12(11)9-21)15-14-5-13(10-1-2-10)17-19(14)4-3-16-15/h3-5,10-12,20-21H,1-2,6-9H2/t11-,12-/m0/s1. The van der Waals surface area contributed by atoms with Crippen molar-refractivity contribution in [1.29, 1.82) is 0 Å². The van der Waals surface area contributed by atoms with E-state index in [4.69, 9.17) is 0 Å². The lowest BCUT2D eigenvalue weighted by Crippen LogP contribution is -2.22. The third-order valence-corrected chi connectivity index (χ3v) is 4.73. The Labute approximate surface area is 123 Å². The number of nitrogens with zero attached hydrogens (tertiary/aromatic N) is 4.